The topological polar surface area (TPSA) is 89.3 Å². The highest BCUT2D eigenvalue weighted by Crippen LogP contribution is 1.98. The number of H-pyrrole nitrogens is 1. The highest BCUT2D eigenvalue weighted by molar-refractivity contribution is 5.65. The van der Waals surface area contributed by atoms with Gasteiger partial charge in [0.1, 0.15) is 0 Å². The average Bonchev–Trinajstić information content (AvgIpc) is 2.57. The number of nitrogens with one attached hydrogen (secondary N) is 1. The van der Waals surface area contributed by atoms with E-state index in [-0.39, 0.29) is 17.9 Å². The minimum absolute atomic E-state index is 0.00280. The van der Waals surface area contributed by atoms with E-state index in [9.17, 15) is 9.59 Å². The first-order valence-electron chi connectivity index (χ1n) is 4.65. The van der Waals surface area contributed by atoms with Crippen molar-refractivity contribution in [2.45, 2.75) is 20.5 Å². The molecule has 0 radical (unpaired) electrons. The Hall–Kier alpha value is -2.18. The number of esters is 1. The van der Waals surface area contributed by atoms with Crippen molar-refractivity contribution >= 4 is 11.7 Å². The van der Waals surface area contributed by atoms with Gasteiger partial charge < -0.3 is 4.74 Å². The minimum Gasteiger partial charge on any atom is -0.458 e. The molecule has 0 unspecified atom stereocenters. The van der Waals surface area contributed by atoms with Gasteiger partial charge in [0.2, 0.25) is 0 Å². The van der Waals surface area contributed by atoms with Crippen molar-refractivity contribution in [2.24, 2.45) is 0 Å². The molecule has 7 heteroatoms. The fraction of sp³-hybridized carbons (Fsp3) is 0.333. The lowest BCUT2D eigenvalue weighted by molar-refractivity contribution is -0.142. The first kappa shape index (κ1) is 10.3. The van der Waals surface area contributed by atoms with Crippen LogP contribution in [0.25, 0.3) is 5.78 Å². The lowest BCUT2D eigenvalue weighted by Gasteiger charge is -1.95. The van der Waals surface area contributed by atoms with Crippen molar-refractivity contribution in [1.82, 2.24) is 19.6 Å². The third-order valence-electron chi connectivity index (χ3n) is 1.92. The summed E-state index contributed by atoms with van der Waals surface area (Å²) in [5.74, 6) is 0.245. The van der Waals surface area contributed by atoms with Gasteiger partial charge in [-0.15, -0.1) is 0 Å². The van der Waals surface area contributed by atoms with Gasteiger partial charge in [-0.25, -0.2) is 4.98 Å². The van der Waals surface area contributed by atoms with Crippen LogP contribution in [0.4, 0.5) is 0 Å². The maximum Gasteiger partial charge on any atom is 0.303 e. The maximum absolute atomic E-state index is 11.5. The number of aromatic amines is 1. The number of aromatic nitrogens is 4. The molecule has 0 aliphatic carbocycles. The summed E-state index contributed by atoms with van der Waals surface area (Å²) < 4.78 is 5.95. The fourth-order valence-corrected chi connectivity index (χ4v) is 1.27. The Morgan fingerprint density at radius 2 is 2.31 bits per heavy atom. The lowest BCUT2D eigenvalue weighted by Crippen LogP contribution is -2.14. The van der Waals surface area contributed by atoms with Gasteiger partial charge in [-0.1, -0.05) is 0 Å². The van der Waals surface area contributed by atoms with Gasteiger partial charge in [0.15, 0.2) is 12.4 Å². The first-order chi connectivity index (χ1) is 7.56. The standard InChI is InChI=1S/C9H10N4O3/c1-5-3-8(15)13-9(10-5)11-7(12-13)4-16-6(2)14/h3H,4H2,1-2H3,(H,10,11,12). The second-order valence-corrected chi connectivity index (χ2v) is 3.32. The van der Waals surface area contributed by atoms with E-state index in [1.807, 2.05) is 0 Å². The Kier molecular flexibility index (Phi) is 2.43. The van der Waals surface area contributed by atoms with E-state index in [1.165, 1.54) is 17.5 Å². The van der Waals surface area contributed by atoms with Gasteiger partial charge in [-0.2, -0.15) is 9.50 Å². The van der Waals surface area contributed by atoms with Crippen molar-refractivity contribution < 1.29 is 9.53 Å². The van der Waals surface area contributed by atoms with Crippen molar-refractivity contribution in [3.63, 3.8) is 0 Å². The summed E-state index contributed by atoms with van der Waals surface area (Å²) >= 11 is 0. The van der Waals surface area contributed by atoms with Crippen LogP contribution in [0.15, 0.2) is 10.9 Å². The third kappa shape index (κ3) is 1.92. The van der Waals surface area contributed by atoms with Crippen LogP contribution in [0.3, 0.4) is 0 Å². The van der Waals surface area contributed by atoms with Gasteiger partial charge in [0, 0.05) is 18.7 Å². The average molecular weight is 222 g/mol. The molecule has 0 fully saturated rings. The zero-order valence-electron chi connectivity index (χ0n) is 8.85. The van der Waals surface area contributed by atoms with Crippen molar-refractivity contribution in [3.05, 3.63) is 27.9 Å². The van der Waals surface area contributed by atoms with E-state index < -0.39 is 5.97 Å². The Bertz CT molecular complexity index is 598. The lowest BCUT2D eigenvalue weighted by atomic mass is 10.5. The molecular weight excluding hydrogens is 212 g/mol. The van der Waals surface area contributed by atoms with E-state index in [0.717, 1.165) is 0 Å². The number of hydrogen-bond donors (Lipinski definition) is 1. The molecule has 84 valence electrons. The zero-order valence-corrected chi connectivity index (χ0v) is 8.85. The first-order valence-corrected chi connectivity index (χ1v) is 4.65. The number of rotatable bonds is 2. The molecule has 0 aliphatic heterocycles. The van der Waals surface area contributed by atoms with E-state index in [2.05, 4.69) is 15.1 Å². The number of hydrogen-bond acceptors (Lipinski definition) is 5. The molecule has 2 heterocycles. The quantitative estimate of drug-likeness (QED) is 0.710. The third-order valence-corrected chi connectivity index (χ3v) is 1.92. The SMILES string of the molecule is CC(=O)OCc1nc2nc(C)cc(=O)n2[nH]1. The summed E-state index contributed by atoms with van der Waals surface area (Å²) in [6, 6.07) is 1.39. The Morgan fingerprint density at radius 3 is 3.00 bits per heavy atom. The van der Waals surface area contributed by atoms with E-state index in [1.54, 1.807) is 6.92 Å². The van der Waals surface area contributed by atoms with Crippen LogP contribution in [-0.2, 0) is 16.1 Å². The van der Waals surface area contributed by atoms with Crippen LogP contribution in [-0.4, -0.2) is 25.6 Å². The number of aryl methyl sites for hydroxylation is 1. The second kappa shape index (κ2) is 3.76. The van der Waals surface area contributed by atoms with Crippen LogP contribution < -0.4 is 5.56 Å². The summed E-state index contributed by atoms with van der Waals surface area (Å²) in [6.07, 6.45) is 0. The van der Waals surface area contributed by atoms with Gasteiger partial charge in [-0.05, 0) is 6.92 Å². The van der Waals surface area contributed by atoms with Gasteiger partial charge in [0.25, 0.3) is 11.3 Å². The predicted molar refractivity (Wildman–Crippen MR) is 53.8 cm³/mol. The molecule has 16 heavy (non-hydrogen) atoms. The highest BCUT2D eigenvalue weighted by Gasteiger charge is 2.07. The normalized spacial score (nSPS) is 10.6. The second-order valence-electron chi connectivity index (χ2n) is 3.32. The van der Waals surface area contributed by atoms with Crippen LogP contribution in [0.5, 0.6) is 0 Å². The summed E-state index contributed by atoms with van der Waals surface area (Å²) in [6.45, 7) is 3.01. The van der Waals surface area contributed by atoms with E-state index in [4.69, 9.17) is 4.74 Å². The van der Waals surface area contributed by atoms with Gasteiger partial charge in [0.05, 0.1) is 0 Å². The summed E-state index contributed by atoms with van der Waals surface area (Å²) in [7, 11) is 0. The largest absolute Gasteiger partial charge is 0.458 e. The molecule has 1 N–H and O–H groups in total. The minimum atomic E-state index is -0.406. The van der Waals surface area contributed by atoms with Crippen molar-refractivity contribution in [1.29, 1.82) is 0 Å². The number of carbonyl (C=O) groups excluding carboxylic acids is 1. The molecule has 7 nitrogen and oxygen atoms in total. The molecule has 2 aromatic heterocycles. The zero-order chi connectivity index (χ0) is 11.7. The van der Waals surface area contributed by atoms with Gasteiger partial charge >= 0.3 is 5.97 Å². The molecule has 0 aliphatic rings. The number of nitrogens with zero attached hydrogens (tertiary/aromatic N) is 3. The maximum atomic E-state index is 11.5. The summed E-state index contributed by atoms with van der Waals surface area (Å²) in [4.78, 5) is 30.2. The molecule has 0 saturated carbocycles. The molecule has 0 spiro atoms. The Labute approximate surface area is 90.1 Å². The molecule has 0 amide bonds. The van der Waals surface area contributed by atoms with Crippen molar-refractivity contribution in [3.8, 4) is 0 Å². The molecule has 0 saturated heterocycles. The highest BCUT2D eigenvalue weighted by atomic mass is 16.5. The molecule has 0 aromatic carbocycles. The Balaban J connectivity index is 2.40. The predicted octanol–water partition coefficient (Wildman–Crippen LogP) is -0.211. The van der Waals surface area contributed by atoms with Crippen molar-refractivity contribution in [2.75, 3.05) is 0 Å². The van der Waals surface area contributed by atoms with Crippen LogP contribution in [0, 0.1) is 6.92 Å². The summed E-state index contributed by atoms with van der Waals surface area (Å²) in [5, 5.41) is 2.70. The number of carbonyl (C=O) groups is 1. The monoisotopic (exact) mass is 222 g/mol. The van der Waals surface area contributed by atoms with E-state index in [0.29, 0.717) is 11.5 Å². The van der Waals surface area contributed by atoms with Gasteiger partial charge in [-0.3, -0.25) is 14.7 Å². The molecule has 2 rings (SSSR count). The fourth-order valence-electron chi connectivity index (χ4n) is 1.27. The van der Waals surface area contributed by atoms with Crippen LogP contribution in [0.1, 0.15) is 18.4 Å². The molecular formula is C9H10N4O3. The summed E-state index contributed by atoms with van der Waals surface area (Å²) in [5.41, 5.74) is 0.347. The molecule has 0 bridgehead atoms. The number of ether oxygens (including phenoxy) is 1. The molecule has 2 aromatic rings. The Morgan fingerprint density at radius 1 is 1.56 bits per heavy atom. The molecule has 0 atom stereocenters. The van der Waals surface area contributed by atoms with Crippen LogP contribution >= 0.6 is 0 Å². The smallest absolute Gasteiger partial charge is 0.303 e. The number of fused-ring (bicyclic) bond motifs is 1. The van der Waals surface area contributed by atoms with E-state index >= 15 is 0 Å². The van der Waals surface area contributed by atoms with Crippen LogP contribution in [0.2, 0.25) is 0 Å².